The maximum absolute atomic E-state index is 8.64. The molecule has 0 aromatic carbocycles. The van der Waals surface area contributed by atoms with Gasteiger partial charge in [-0.05, 0) is 19.4 Å². The Morgan fingerprint density at radius 1 is 1.33 bits per heavy atom. The van der Waals surface area contributed by atoms with Crippen molar-refractivity contribution < 1.29 is 10.2 Å². The average Bonchev–Trinajstić information content (AvgIpc) is 1.97. The highest BCUT2D eigenvalue weighted by Crippen LogP contribution is 1.96. The van der Waals surface area contributed by atoms with Crippen molar-refractivity contribution in [2.45, 2.75) is 45.1 Å². The minimum atomic E-state index is -1.39. The van der Waals surface area contributed by atoms with Gasteiger partial charge in [-0.2, -0.15) is 0 Å². The molecule has 0 bridgehead atoms. The molecule has 0 aromatic rings. The van der Waals surface area contributed by atoms with Crippen LogP contribution in [-0.4, -0.2) is 35.1 Å². The zero-order valence-corrected chi connectivity index (χ0v) is 7.83. The predicted octanol–water partition coefficient (Wildman–Crippen LogP) is -0.597. The molecule has 4 heteroatoms. The molecule has 0 heterocycles. The first-order valence-corrected chi connectivity index (χ1v) is 4.39. The molecule has 0 aromatic heterocycles. The molecular weight excluding hydrogens is 156 g/mol. The number of aliphatic hydroxyl groups is 2. The van der Waals surface area contributed by atoms with Crippen molar-refractivity contribution in [3.05, 3.63) is 0 Å². The Bertz CT molecular complexity index is 107. The molecule has 0 aliphatic heterocycles. The van der Waals surface area contributed by atoms with Gasteiger partial charge >= 0.3 is 0 Å². The van der Waals surface area contributed by atoms with E-state index in [1.54, 1.807) is 0 Å². The lowest BCUT2D eigenvalue weighted by Crippen LogP contribution is -2.35. The van der Waals surface area contributed by atoms with Crippen LogP contribution in [0.4, 0.5) is 0 Å². The summed E-state index contributed by atoms with van der Waals surface area (Å²) in [6, 6.07) is -0.0424. The number of hydrogen-bond donors (Lipinski definition) is 4. The molecule has 0 amide bonds. The van der Waals surface area contributed by atoms with Crippen molar-refractivity contribution in [2.75, 3.05) is 6.54 Å². The Labute approximate surface area is 73.8 Å². The fourth-order valence-corrected chi connectivity index (χ4v) is 0.878. The van der Waals surface area contributed by atoms with Crippen molar-refractivity contribution in [2.24, 2.45) is 5.73 Å². The highest BCUT2D eigenvalue weighted by molar-refractivity contribution is 4.64. The maximum Gasteiger partial charge on any atom is 0.166 e. The maximum atomic E-state index is 8.64. The van der Waals surface area contributed by atoms with Crippen molar-refractivity contribution in [1.82, 2.24) is 5.32 Å². The van der Waals surface area contributed by atoms with Crippen LogP contribution in [0.3, 0.4) is 0 Å². The molecule has 0 spiro atoms. The summed E-state index contributed by atoms with van der Waals surface area (Å²) in [6.45, 7) is 5.01. The average molecular weight is 176 g/mol. The van der Waals surface area contributed by atoms with Crippen LogP contribution in [0, 0.1) is 0 Å². The van der Waals surface area contributed by atoms with Crippen LogP contribution in [0.25, 0.3) is 0 Å². The van der Waals surface area contributed by atoms with E-state index in [9.17, 15) is 0 Å². The van der Waals surface area contributed by atoms with Gasteiger partial charge in [0.25, 0.3) is 0 Å². The molecule has 0 radical (unpaired) electrons. The third kappa shape index (κ3) is 6.54. The molecule has 1 atom stereocenters. The van der Waals surface area contributed by atoms with E-state index in [0.717, 1.165) is 13.0 Å². The highest BCUT2D eigenvalue weighted by Gasteiger charge is 2.09. The van der Waals surface area contributed by atoms with Crippen LogP contribution in [-0.2, 0) is 0 Å². The van der Waals surface area contributed by atoms with Gasteiger partial charge in [-0.25, -0.2) is 0 Å². The van der Waals surface area contributed by atoms with Gasteiger partial charge in [0.05, 0.1) is 6.04 Å². The zero-order valence-electron chi connectivity index (χ0n) is 7.83. The monoisotopic (exact) mass is 176 g/mol. The van der Waals surface area contributed by atoms with E-state index in [0.29, 0.717) is 12.5 Å². The minimum Gasteiger partial charge on any atom is -0.367 e. The van der Waals surface area contributed by atoms with Gasteiger partial charge in [-0.15, -0.1) is 0 Å². The van der Waals surface area contributed by atoms with E-state index in [1.165, 1.54) is 0 Å². The van der Waals surface area contributed by atoms with Crippen LogP contribution in [0.1, 0.15) is 26.7 Å². The van der Waals surface area contributed by atoms with Crippen molar-refractivity contribution in [3.8, 4) is 0 Å². The molecule has 4 nitrogen and oxygen atoms in total. The van der Waals surface area contributed by atoms with Gasteiger partial charge in [0.1, 0.15) is 0 Å². The first-order valence-electron chi connectivity index (χ1n) is 4.39. The molecule has 1 unspecified atom stereocenters. The summed E-state index contributed by atoms with van der Waals surface area (Å²) in [4.78, 5) is 0. The first-order chi connectivity index (χ1) is 5.54. The fraction of sp³-hybridized carbons (Fsp3) is 1.00. The van der Waals surface area contributed by atoms with E-state index in [4.69, 9.17) is 15.9 Å². The predicted molar refractivity (Wildman–Crippen MR) is 48.6 cm³/mol. The molecule has 0 saturated carbocycles. The summed E-state index contributed by atoms with van der Waals surface area (Å²) in [5.74, 6) is 0. The summed E-state index contributed by atoms with van der Waals surface area (Å²) in [5.41, 5.74) is 5.41. The number of nitrogens with one attached hydrogen (secondary N) is 1. The van der Waals surface area contributed by atoms with Crippen LogP contribution in [0.15, 0.2) is 0 Å². The van der Waals surface area contributed by atoms with Gasteiger partial charge in [0.15, 0.2) is 6.29 Å². The summed E-state index contributed by atoms with van der Waals surface area (Å²) in [5, 5.41) is 20.5. The van der Waals surface area contributed by atoms with Crippen LogP contribution < -0.4 is 11.1 Å². The number of rotatable bonds is 6. The van der Waals surface area contributed by atoms with Gasteiger partial charge in [0.2, 0.25) is 0 Å². The minimum absolute atomic E-state index is 0.472. The smallest absolute Gasteiger partial charge is 0.166 e. The molecule has 0 fully saturated rings. The third-order valence-corrected chi connectivity index (χ3v) is 1.65. The SMILES string of the molecule is CC(C)NCCCC(N)C(O)O. The summed E-state index contributed by atoms with van der Waals surface area (Å²) < 4.78 is 0. The molecule has 0 saturated heterocycles. The first kappa shape index (κ1) is 11.8. The van der Waals surface area contributed by atoms with Gasteiger partial charge < -0.3 is 21.3 Å². The lowest BCUT2D eigenvalue weighted by atomic mass is 10.1. The molecular formula is C8H20N2O2. The molecule has 12 heavy (non-hydrogen) atoms. The Kier molecular flexibility index (Phi) is 6.28. The van der Waals surface area contributed by atoms with E-state index in [1.807, 2.05) is 0 Å². The topological polar surface area (TPSA) is 78.5 Å². The van der Waals surface area contributed by atoms with Crippen molar-refractivity contribution in [3.63, 3.8) is 0 Å². The summed E-state index contributed by atoms with van der Waals surface area (Å²) in [6.07, 6.45) is 0.123. The molecule has 0 rings (SSSR count). The Hall–Kier alpha value is -0.160. The lowest BCUT2D eigenvalue weighted by molar-refractivity contribution is -0.0598. The molecule has 5 N–H and O–H groups in total. The fourth-order valence-electron chi connectivity index (χ4n) is 0.878. The van der Waals surface area contributed by atoms with Crippen molar-refractivity contribution >= 4 is 0 Å². The third-order valence-electron chi connectivity index (χ3n) is 1.65. The summed E-state index contributed by atoms with van der Waals surface area (Å²) in [7, 11) is 0. The number of aliphatic hydroxyl groups excluding tert-OH is 1. The van der Waals surface area contributed by atoms with Crippen LogP contribution >= 0.6 is 0 Å². The van der Waals surface area contributed by atoms with E-state index in [-0.39, 0.29) is 0 Å². The van der Waals surface area contributed by atoms with Gasteiger partial charge in [-0.1, -0.05) is 13.8 Å². The van der Waals surface area contributed by atoms with Crippen LogP contribution in [0.5, 0.6) is 0 Å². The zero-order chi connectivity index (χ0) is 9.56. The van der Waals surface area contributed by atoms with Gasteiger partial charge in [-0.3, -0.25) is 0 Å². The van der Waals surface area contributed by atoms with Crippen LogP contribution in [0.2, 0.25) is 0 Å². The molecule has 0 aliphatic carbocycles. The van der Waals surface area contributed by atoms with Gasteiger partial charge in [0, 0.05) is 6.04 Å². The second-order valence-corrected chi connectivity index (χ2v) is 3.33. The highest BCUT2D eigenvalue weighted by atomic mass is 16.5. The second-order valence-electron chi connectivity index (χ2n) is 3.33. The molecule has 74 valence electrons. The second kappa shape index (κ2) is 6.37. The van der Waals surface area contributed by atoms with E-state index in [2.05, 4.69) is 19.2 Å². The quantitative estimate of drug-likeness (QED) is 0.322. The van der Waals surface area contributed by atoms with E-state index < -0.39 is 12.3 Å². The van der Waals surface area contributed by atoms with E-state index >= 15 is 0 Å². The Balaban J connectivity index is 3.20. The summed E-state index contributed by atoms with van der Waals surface area (Å²) >= 11 is 0. The lowest BCUT2D eigenvalue weighted by Gasteiger charge is -2.14. The number of nitrogens with two attached hydrogens (primary N) is 1. The number of hydrogen-bond acceptors (Lipinski definition) is 4. The molecule has 0 aliphatic rings. The van der Waals surface area contributed by atoms with Crippen molar-refractivity contribution in [1.29, 1.82) is 0 Å². The Morgan fingerprint density at radius 2 is 1.92 bits per heavy atom. The largest absolute Gasteiger partial charge is 0.367 e. The standard InChI is InChI=1S/C8H20N2O2/c1-6(2)10-5-3-4-7(9)8(11)12/h6-8,10-12H,3-5,9H2,1-2H3. The Morgan fingerprint density at radius 3 is 2.33 bits per heavy atom. The normalized spacial score (nSPS) is 14.2.